The Labute approximate surface area is 89.0 Å². The Balaban J connectivity index is 2.39. The second kappa shape index (κ2) is 3.93. The molecule has 0 fully saturated rings. The van der Waals surface area contributed by atoms with Gasteiger partial charge in [0, 0.05) is 6.07 Å². The first-order valence-electron chi connectivity index (χ1n) is 5.17. The van der Waals surface area contributed by atoms with Gasteiger partial charge < -0.3 is 9.47 Å². The van der Waals surface area contributed by atoms with Gasteiger partial charge in [-0.2, -0.15) is 0 Å². The first-order valence-corrected chi connectivity index (χ1v) is 5.17. The highest BCUT2D eigenvalue weighted by atomic mass is 16.5. The summed E-state index contributed by atoms with van der Waals surface area (Å²) >= 11 is 0. The number of ether oxygens (including phenoxy) is 2. The minimum Gasteiger partial charge on any atom is -0.494 e. The van der Waals surface area contributed by atoms with Gasteiger partial charge in [0.15, 0.2) is 0 Å². The summed E-state index contributed by atoms with van der Waals surface area (Å²) in [6.45, 7) is 4.56. The van der Waals surface area contributed by atoms with Gasteiger partial charge in [0.1, 0.15) is 11.5 Å². The number of benzene rings is 1. The van der Waals surface area contributed by atoms with Gasteiger partial charge in [0.05, 0.1) is 13.0 Å². The number of carbonyl (C=O) groups is 1. The highest BCUT2D eigenvalue weighted by molar-refractivity contribution is 5.76. The van der Waals surface area contributed by atoms with E-state index in [9.17, 15) is 4.79 Å². The van der Waals surface area contributed by atoms with Crippen LogP contribution in [0, 0.1) is 6.92 Å². The Morgan fingerprint density at radius 1 is 1.40 bits per heavy atom. The number of carbonyl (C=O) groups excluding carboxylic acids is 1. The highest BCUT2D eigenvalue weighted by Crippen LogP contribution is 2.32. The molecular weight excluding hydrogens is 192 g/mol. The summed E-state index contributed by atoms with van der Waals surface area (Å²) in [6, 6.07) is 3.78. The Kier molecular flexibility index (Phi) is 2.62. The maximum absolute atomic E-state index is 11.1. The van der Waals surface area contributed by atoms with Gasteiger partial charge in [0.25, 0.3) is 0 Å². The lowest BCUT2D eigenvalue weighted by molar-refractivity contribution is -0.135. The van der Waals surface area contributed by atoms with Crippen molar-refractivity contribution in [1.29, 1.82) is 0 Å². The van der Waals surface area contributed by atoms with Crippen LogP contribution in [-0.4, -0.2) is 12.6 Å². The summed E-state index contributed by atoms with van der Waals surface area (Å²) in [5, 5.41) is 0. The summed E-state index contributed by atoms with van der Waals surface area (Å²) in [6.07, 6.45) is 1.24. The Hall–Kier alpha value is -1.51. The monoisotopic (exact) mass is 206 g/mol. The molecule has 2 rings (SSSR count). The Bertz CT molecular complexity index is 396. The third-order valence-electron chi connectivity index (χ3n) is 2.52. The molecule has 0 amide bonds. The average molecular weight is 206 g/mol. The van der Waals surface area contributed by atoms with E-state index in [0.717, 1.165) is 23.3 Å². The van der Waals surface area contributed by atoms with E-state index >= 15 is 0 Å². The molecule has 0 atom stereocenters. The van der Waals surface area contributed by atoms with Crippen molar-refractivity contribution in [1.82, 2.24) is 0 Å². The number of hydrogen-bond donors (Lipinski definition) is 0. The fourth-order valence-corrected chi connectivity index (χ4v) is 1.81. The number of aryl methyl sites for hydroxylation is 1. The molecule has 15 heavy (non-hydrogen) atoms. The van der Waals surface area contributed by atoms with Crippen LogP contribution in [0.2, 0.25) is 0 Å². The number of rotatable bonds is 2. The molecule has 0 saturated heterocycles. The number of hydrogen-bond acceptors (Lipinski definition) is 3. The molecule has 3 heteroatoms. The molecule has 0 N–H and O–H groups in total. The van der Waals surface area contributed by atoms with Gasteiger partial charge in [-0.25, -0.2) is 0 Å². The van der Waals surface area contributed by atoms with Gasteiger partial charge in [-0.05, 0) is 37.5 Å². The van der Waals surface area contributed by atoms with Crippen LogP contribution in [0.5, 0.6) is 11.5 Å². The predicted octanol–water partition coefficient (Wildman–Crippen LogP) is 2.25. The van der Waals surface area contributed by atoms with E-state index in [0.29, 0.717) is 18.8 Å². The van der Waals surface area contributed by atoms with Gasteiger partial charge in [0.2, 0.25) is 0 Å². The third-order valence-corrected chi connectivity index (χ3v) is 2.52. The lowest BCUT2D eigenvalue weighted by Crippen LogP contribution is -2.16. The van der Waals surface area contributed by atoms with Crippen LogP contribution in [-0.2, 0) is 11.2 Å². The number of fused-ring (bicyclic) bond motifs is 1. The van der Waals surface area contributed by atoms with Gasteiger partial charge in [-0.1, -0.05) is 0 Å². The van der Waals surface area contributed by atoms with E-state index in [1.807, 2.05) is 19.9 Å². The van der Waals surface area contributed by atoms with Crippen LogP contribution in [0.25, 0.3) is 0 Å². The van der Waals surface area contributed by atoms with Crippen LogP contribution < -0.4 is 9.47 Å². The van der Waals surface area contributed by atoms with Crippen LogP contribution in [0.4, 0.5) is 0 Å². The minimum absolute atomic E-state index is 0.157. The molecule has 1 aliphatic heterocycles. The first kappa shape index (κ1) is 10.0. The van der Waals surface area contributed by atoms with Crippen molar-refractivity contribution in [2.75, 3.05) is 6.61 Å². The SMILES string of the molecule is CCOc1cc(C)c2c(c1)OC(=O)CC2. The van der Waals surface area contributed by atoms with Crippen LogP contribution in [0.3, 0.4) is 0 Å². The van der Waals surface area contributed by atoms with E-state index in [2.05, 4.69) is 0 Å². The molecule has 1 aromatic carbocycles. The predicted molar refractivity (Wildman–Crippen MR) is 56.3 cm³/mol. The molecule has 1 aromatic rings. The summed E-state index contributed by atoms with van der Waals surface area (Å²) in [4.78, 5) is 11.1. The van der Waals surface area contributed by atoms with E-state index < -0.39 is 0 Å². The molecule has 0 radical (unpaired) electrons. The lowest BCUT2D eigenvalue weighted by atomic mass is 10.0. The molecule has 1 aliphatic rings. The summed E-state index contributed by atoms with van der Waals surface area (Å²) in [7, 11) is 0. The van der Waals surface area contributed by atoms with Crippen molar-refractivity contribution >= 4 is 5.97 Å². The minimum atomic E-state index is -0.157. The van der Waals surface area contributed by atoms with Crippen molar-refractivity contribution in [3.8, 4) is 11.5 Å². The third kappa shape index (κ3) is 1.96. The fraction of sp³-hybridized carbons (Fsp3) is 0.417. The molecule has 1 heterocycles. The second-order valence-corrected chi connectivity index (χ2v) is 3.62. The molecule has 0 bridgehead atoms. The van der Waals surface area contributed by atoms with E-state index in [4.69, 9.17) is 9.47 Å². The van der Waals surface area contributed by atoms with Gasteiger partial charge >= 0.3 is 5.97 Å². The van der Waals surface area contributed by atoms with Crippen molar-refractivity contribution in [3.63, 3.8) is 0 Å². The molecule has 0 aromatic heterocycles. The van der Waals surface area contributed by atoms with Crippen LogP contribution in [0.15, 0.2) is 12.1 Å². The molecule has 0 spiro atoms. The van der Waals surface area contributed by atoms with Gasteiger partial charge in [-0.3, -0.25) is 4.79 Å². The van der Waals surface area contributed by atoms with Crippen LogP contribution >= 0.6 is 0 Å². The largest absolute Gasteiger partial charge is 0.494 e. The fourth-order valence-electron chi connectivity index (χ4n) is 1.81. The molecule has 3 nitrogen and oxygen atoms in total. The van der Waals surface area contributed by atoms with Gasteiger partial charge in [-0.15, -0.1) is 0 Å². The lowest BCUT2D eigenvalue weighted by Gasteiger charge is -2.18. The standard InChI is InChI=1S/C12H14O3/c1-3-14-9-6-8(2)10-4-5-12(13)15-11(10)7-9/h6-7H,3-5H2,1-2H3. The van der Waals surface area contributed by atoms with E-state index in [1.165, 1.54) is 0 Å². The smallest absolute Gasteiger partial charge is 0.311 e. The maximum Gasteiger partial charge on any atom is 0.311 e. The average Bonchev–Trinajstić information content (AvgIpc) is 2.17. The second-order valence-electron chi connectivity index (χ2n) is 3.62. The zero-order chi connectivity index (χ0) is 10.8. The van der Waals surface area contributed by atoms with Crippen LogP contribution in [0.1, 0.15) is 24.5 Å². The molecule has 80 valence electrons. The van der Waals surface area contributed by atoms with E-state index in [1.54, 1.807) is 6.07 Å². The summed E-state index contributed by atoms with van der Waals surface area (Å²) in [5.41, 5.74) is 2.25. The molecular formula is C12H14O3. The quantitative estimate of drug-likeness (QED) is 0.550. The highest BCUT2D eigenvalue weighted by Gasteiger charge is 2.19. The molecule has 0 unspecified atom stereocenters. The Morgan fingerprint density at radius 3 is 2.93 bits per heavy atom. The summed E-state index contributed by atoms with van der Waals surface area (Å²) in [5.74, 6) is 1.27. The normalized spacial score (nSPS) is 14.4. The van der Waals surface area contributed by atoms with Crippen molar-refractivity contribution in [2.45, 2.75) is 26.7 Å². The maximum atomic E-state index is 11.1. The number of esters is 1. The zero-order valence-corrected chi connectivity index (χ0v) is 9.00. The zero-order valence-electron chi connectivity index (χ0n) is 9.00. The molecule has 0 saturated carbocycles. The summed E-state index contributed by atoms with van der Waals surface area (Å²) < 4.78 is 10.6. The van der Waals surface area contributed by atoms with Crippen molar-refractivity contribution in [2.24, 2.45) is 0 Å². The first-order chi connectivity index (χ1) is 7.20. The van der Waals surface area contributed by atoms with E-state index in [-0.39, 0.29) is 5.97 Å². The van der Waals surface area contributed by atoms with Crippen molar-refractivity contribution in [3.05, 3.63) is 23.3 Å². The Morgan fingerprint density at radius 2 is 2.20 bits per heavy atom. The topological polar surface area (TPSA) is 35.5 Å². The molecule has 0 aliphatic carbocycles. The van der Waals surface area contributed by atoms with Crippen molar-refractivity contribution < 1.29 is 14.3 Å².